The Morgan fingerprint density at radius 2 is 2.00 bits per heavy atom. The summed E-state index contributed by atoms with van der Waals surface area (Å²) in [7, 11) is -3.45. The lowest BCUT2D eigenvalue weighted by Gasteiger charge is -2.18. The van der Waals surface area contributed by atoms with Gasteiger partial charge in [-0.15, -0.1) is 0 Å². The normalized spacial score (nSPS) is 16.5. The van der Waals surface area contributed by atoms with Crippen LogP contribution in [-0.2, 0) is 14.8 Å². The zero-order valence-electron chi connectivity index (χ0n) is 7.94. The van der Waals surface area contributed by atoms with Crippen LogP contribution in [0.5, 0.6) is 0 Å². The predicted molar refractivity (Wildman–Crippen MR) is 48.9 cm³/mol. The van der Waals surface area contributed by atoms with Crippen molar-refractivity contribution in [3.05, 3.63) is 0 Å². The molecule has 5 nitrogen and oxygen atoms in total. The average molecular weight is 209 g/mol. The molecule has 2 N–H and O–H groups in total. The molecule has 0 aromatic rings. The highest BCUT2D eigenvalue weighted by Crippen LogP contribution is 2.08. The molecule has 0 saturated carbocycles. The minimum Gasteiger partial charge on any atom is -0.480 e. The van der Waals surface area contributed by atoms with Crippen molar-refractivity contribution in [3.8, 4) is 0 Å². The molecule has 2 atom stereocenters. The maximum atomic E-state index is 10.8. The van der Waals surface area contributed by atoms with E-state index in [-0.39, 0.29) is 5.92 Å². The molecule has 0 saturated heterocycles. The molecular formula is C7H15NO4S. The molecular weight excluding hydrogens is 194 g/mol. The summed E-state index contributed by atoms with van der Waals surface area (Å²) in [6.07, 6.45) is 1.56. The topological polar surface area (TPSA) is 83.5 Å². The predicted octanol–water partition coefficient (Wildman–Crippen LogP) is 0.0349. The molecule has 0 bridgehead atoms. The fourth-order valence-electron chi connectivity index (χ4n) is 0.876. The van der Waals surface area contributed by atoms with Gasteiger partial charge >= 0.3 is 5.97 Å². The van der Waals surface area contributed by atoms with Crippen LogP contribution in [-0.4, -0.2) is 31.8 Å². The van der Waals surface area contributed by atoms with E-state index in [1.54, 1.807) is 6.92 Å². The van der Waals surface area contributed by atoms with Crippen LogP contribution in [0.25, 0.3) is 0 Å². The van der Waals surface area contributed by atoms with Crippen molar-refractivity contribution >= 4 is 16.0 Å². The summed E-state index contributed by atoms with van der Waals surface area (Å²) in [5.74, 6) is -1.35. The summed E-state index contributed by atoms with van der Waals surface area (Å²) in [4.78, 5) is 10.7. The van der Waals surface area contributed by atoms with E-state index in [1.807, 2.05) is 6.92 Å². The molecule has 0 radical (unpaired) electrons. The fourth-order valence-corrected chi connectivity index (χ4v) is 1.67. The summed E-state index contributed by atoms with van der Waals surface area (Å²) >= 11 is 0. The Bertz CT molecular complexity index is 272. The maximum Gasteiger partial charge on any atom is 0.322 e. The molecule has 0 fully saturated rings. The van der Waals surface area contributed by atoms with Gasteiger partial charge in [0.05, 0.1) is 6.26 Å². The lowest BCUT2D eigenvalue weighted by Crippen LogP contribution is -2.44. The van der Waals surface area contributed by atoms with Gasteiger partial charge in [0.2, 0.25) is 10.0 Å². The molecule has 0 heterocycles. The Morgan fingerprint density at radius 1 is 1.54 bits per heavy atom. The number of rotatable bonds is 5. The minimum absolute atomic E-state index is 0.216. The second-order valence-corrected chi connectivity index (χ2v) is 4.87. The maximum absolute atomic E-state index is 10.8. The standard InChI is InChI=1S/C7H15NO4S/c1-4-5(2)6(7(9)10)8-13(3,11)12/h5-6,8H,4H2,1-3H3,(H,9,10)/t5-,6+/m1/s1. The van der Waals surface area contributed by atoms with Crippen LogP contribution >= 0.6 is 0 Å². The summed E-state index contributed by atoms with van der Waals surface area (Å²) < 4.78 is 23.7. The number of carbonyl (C=O) groups is 1. The Balaban J connectivity index is 4.54. The van der Waals surface area contributed by atoms with E-state index in [1.165, 1.54) is 0 Å². The first-order valence-electron chi connectivity index (χ1n) is 3.98. The highest BCUT2D eigenvalue weighted by Gasteiger charge is 2.26. The first kappa shape index (κ1) is 12.4. The van der Waals surface area contributed by atoms with Crippen molar-refractivity contribution in [2.75, 3.05) is 6.26 Å². The second kappa shape index (κ2) is 4.57. The van der Waals surface area contributed by atoms with Crippen LogP contribution < -0.4 is 4.72 Å². The molecule has 13 heavy (non-hydrogen) atoms. The Kier molecular flexibility index (Phi) is 4.35. The lowest BCUT2D eigenvalue weighted by atomic mass is 10.0. The van der Waals surface area contributed by atoms with Crippen molar-refractivity contribution in [1.29, 1.82) is 0 Å². The number of hydrogen-bond donors (Lipinski definition) is 2. The zero-order valence-corrected chi connectivity index (χ0v) is 8.76. The van der Waals surface area contributed by atoms with Gasteiger partial charge in [-0.2, -0.15) is 0 Å². The number of carboxylic acids is 1. The molecule has 0 aliphatic carbocycles. The van der Waals surface area contributed by atoms with Crippen molar-refractivity contribution in [3.63, 3.8) is 0 Å². The third kappa shape index (κ3) is 4.84. The summed E-state index contributed by atoms with van der Waals surface area (Å²) in [5.41, 5.74) is 0. The SMILES string of the molecule is CC[C@@H](C)[C@H](NS(C)(=O)=O)C(=O)O. The fraction of sp³-hybridized carbons (Fsp3) is 0.857. The van der Waals surface area contributed by atoms with E-state index in [4.69, 9.17) is 5.11 Å². The third-order valence-corrected chi connectivity index (χ3v) is 2.50. The number of aliphatic carboxylic acids is 1. The quantitative estimate of drug-likeness (QED) is 0.669. The number of carboxylic acid groups (broad SMARTS) is 1. The number of sulfonamides is 1. The summed E-state index contributed by atoms with van der Waals surface area (Å²) in [5, 5.41) is 8.71. The summed E-state index contributed by atoms with van der Waals surface area (Å²) in [6.45, 7) is 3.50. The molecule has 0 aliphatic rings. The number of hydrogen-bond acceptors (Lipinski definition) is 3. The largest absolute Gasteiger partial charge is 0.480 e. The van der Waals surface area contributed by atoms with Crippen molar-refractivity contribution in [2.45, 2.75) is 26.3 Å². The Morgan fingerprint density at radius 3 is 2.23 bits per heavy atom. The van der Waals surface area contributed by atoms with Crippen molar-refractivity contribution in [1.82, 2.24) is 4.72 Å². The molecule has 0 amide bonds. The van der Waals surface area contributed by atoms with Crippen molar-refractivity contribution < 1.29 is 18.3 Å². The molecule has 0 aromatic heterocycles. The van der Waals surface area contributed by atoms with Gasteiger partial charge in [0.25, 0.3) is 0 Å². The molecule has 6 heteroatoms. The van der Waals surface area contributed by atoms with E-state index in [0.29, 0.717) is 6.42 Å². The van der Waals surface area contributed by atoms with Crippen LogP contribution in [0.2, 0.25) is 0 Å². The Hall–Kier alpha value is -0.620. The average Bonchev–Trinajstić information content (AvgIpc) is 1.96. The van der Waals surface area contributed by atoms with Gasteiger partial charge in [0.1, 0.15) is 6.04 Å². The third-order valence-electron chi connectivity index (χ3n) is 1.82. The van der Waals surface area contributed by atoms with E-state index in [2.05, 4.69) is 4.72 Å². The molecule has 0 unspecified atom stereocenters. The van der Waals surface area contributed by atoms with E-state index in [9.17, 15) is 13.2 Å². The Labute approximate surface area is 78.2 Å². The minimum atomic E-state index is -3.45. The monoisotopic (exact) mass is 209 g/mol. The highest BCUT2D eigenvalue weighted by atomic mass is 32.2. The molecule has 0 aliphatic heterocycles. The molecule has 0 rings (SSSR count). The van der Waals surface area contributed by atoms with Gasteiger partial charge < -0.3 is 5.11 Å². The van der Waals surface area contributed by atoms with Gasteiger partial charge in [-0.05, 0) is 5.92 Å². The first-order chi connectivity index (χ1) is 5.78. The van der Waals surface area contributed by atoms with E-state index >= 15 is 0 Å². The lowest BCUT2D eigenvalue weighted by molar-refractivity contribution is -0.140. The van der Waals surface area contributed by atoms with Gasteiger partial charge in [-0.25, -0.2) is 13.1 Å². The van der Waals surface area contributed by atoms with Crippen LogP contribution in [0.1, 0.15) is 20.3 Å². The number of nitrogens with one attached hydrogen (secondary N) is 1. The van der Waals surface area contributed by atoms with E-state index in [0.717, 1.165) is 6.26 Å². The van der Waals surface area contributed by atoms with Gasteiger partial charge in [-0.3, -0.25) is 4.79 Å². The molecule has 78 valence electrons. The molecule has 0 aromatic carbocycles. The highest BCUT2D eigenvalue weighted by molar-refractivity contribution is 7.88. The van der Waals surface area contributed by atoms with Crippen LogP contribution in [0.4, 0.5) is 0 Å². The summed E-state index contributed by atoms with van der Waals surface area (Å²) in [6, 6.07) is -1.03. The first-order valence-corrected chi connectivity index (χ1v) is 5.87. The van der Waals surface area contributed by atoms with Gasteiger partial charge in [0.15, 0.2) is 0 Å². The van der Waals surface area contributed by atoms with Crippen LogP contribution in [0.15, 0.2) is 0 Å². The van der Waals surface area contributed by atoms with Gasteiger partial charge in [0, 0.05) is 0 Å². The zero-order chi connectivity index (χ0) is 10.6. The molecule has 0 spiro atoms. The van der Waals surface area contributed by atoms with Gasteiger partial charge in [-0.1, -0.05) is 20.3 Å². The van der Waals surface area contributed by atoms with Crippen LogP contribution in [0, 0.1) is 5.92 Å². The van der Waals surface area contributed by atoms with Crippen molar-refractivity contribution in [2.24, 2.45) is 5.92 Å². The smallest absolute Gasteiger partial charge is 0.322 e. The second-order valence-electron chi connectivity index (χ2n) is 3.09. The van der Waals surface area contributed by atoms with E-state index < -0.39 is 22.0 Å². The van der Waals surface area contributed by atoms with Crippen LogP contribution in [0.3, 0.4) is 0 Å².